The van der Waals surface area contributed by atoms with E-state index >= 15 is 0 Å². The van der Waals surface area contributed by atoms with Gasteiger partial charge in [0.2, 0.25) is 0 Å². The normalized spacial score (nSPS) is 14.9. The second-order valence-corrected chi connectivity index (χ2v) is 6.77. The van der Waals surface area contributed by atoms with Crippen molar-refractivity contribution in [2.45, 2.75) is 31.7 Å². The van der Waals surface area contributed by atoms with Gasteiger partial charge in [0, 0.05) is 6.21 Å². The molecule has 19 heavy (non-hydrogen) atoms. The Balaban J connectivity index is 2.98. The molecule has 0 aliphatic heterocycles. The number of hydrogen-bond donors (Lipinski definition) is 0. The first-order valence-corrected chi connectivity index (χ1v) is 6.45. The van der Waals surface area contributed by atoms with Gasteiger partial charge in [-0.05, 0) is 38.5 Å². The van der Waals surface area contributed by atoms with Crippen LogP contribution < -0.4 is 0 Å². The molecule has 0 unspecified atom stereocenters. The van der Waals surface area contributed by atoms with Gasteiger partial charge in [-0.25, -0.2) is 8.60 Å². The molecule has 0 aliphatic carbocycles. The van der Waals surface area contributed by atoms with Crippen molar-refractivity contribution in [3.63, 3.8) is 0 Å². The molecule has 2 nitrogen and oxygen atoms in total. The van der Waals surface area contributed by atoms with Crippen molar-refractivity contribution in [3.05, 3.63) is 35.1 Å². The highest BCUT2D eigenvalue weighted by Crippen LogP contribution is 2.31. The summed E-state index contributed by atoms with van der Waals surface area (Å²) in [4.78, 5) is 0. The van der Waals surface area contributed by atoms with Crippen LogP contribution in [0.25, 0.3) is 0 Å². The predicted molar refractivity (Wildman–Crippen MR) is 66.9 cm³/mol. The zero-order valence-electron chi connectivity index (χ0n) is 10.6. The minimum Gasteiger partial charge on any atom is -0.234 e. The van der Waals surface area contributed by atoms with Gasteiger partial charge in [0.1, 0.15) is 16.8 Å². The largest absolute Gasteiger partial charge is 0.419 e. The van der Waals surface area contributed by atoms with E-state index in [9.17, 15) is 21.8 Å². The fraction of sp³-hybridized carbons (Fsp3) is 0.417. The Morgan fingerprint density at radius 3 is 2.21 bits per heavy atom. The first-order chi connectivity index (χ1) is 8.51. The lowest BCUT2D eigenvalue weighted by atomic mass is 10.1. The number of nitrogens with zero attached hydrogens (tertiary/aromatic N) is 1. The van der Waals surface area contributed by atoms with Crippen LogP contribution in [0, 0.1) is 5.82 Å². The first-order valence-electron chi connectivity index (χ1n) is 5.34. The summed E-state index contributed by atoms with van der Waals surface area (Å²) < 4.78 is 64.9. The molecular weight excluding hydrogens is 282 g/mol. The molecule has 0 saturated heterocycles. The summed E-state index contributed by atoms with van der Waals surface area (Å²) in [5.41, 5.74) is -1.20. The molecule has 0 radical (unpaired) electrons. The van der Waals surface area contributed by atoms with Gasteiger partial charge < -0.3 is 0 Å². The molecular formula is C12H13F4NOS. The predicted octanol–water partition coefficient (Wildman–Crippen LogP) is 3.73. The molecule has 106 valence electrons. The van der Waals surface area contributed by atoms with Gasteiger partial charge in [-0.2, -0.15) is 17.6 Å². The monoisotopic (exact) mass is 295 g/mol. The summed E-state index contributed by atoms with van der Waals surface area (Å²) in [6.45, 7) is 5.11. The van der Waals surface area contributed by atoms with Gasteiger partial charge in [-0.15, -0.1) is 0 Å². The van der Waals surface area contributed by atoms with Crippen LogP contribution in [0.3, 0.4) is 0 Å². The van der Waals surface area contributed by atoms with Gasteiger partial charge in [-0.1, -0.05) is 6.07 Å². The summed E-state index contributed by atoms with van der Waals surface area (Å²) >= 11 is 0. The van der Waals surface area contributed by atoms with E-state index in [1.165, 1.54) is 0 Å². The van der Waals surface area contributed by atoms with Crippen molar-refractivity contribution in [3.8, 4) is 0 Å². The maximum atomic E-state index is 13.2. The van der Waals surface area contributed by atoms with E-state index in [2.05, 4.69) is 4.40 Å². The molecule has 0 aliphatic rings. The van der Waals surface area contributed by atoms with Crippen LogP contribution in [-0.4, -0.2) is 15.2 Å². The molecule has 1 aromatic carbocycles. The molecule has 0 bridgehead atoms. The molecule has 0 spiro atoms. The molecule has 1 aromatic rings. The lowest BCUT2D eigenvalue weighted by molar-refractivity contribution is -0.140. The number of alkyl halides is 3. The Labute approximate surface area is 111 Å². The van der Waals surface area contributed by atoms with Gasteiger partial charge in [0.05, 0.1) is 10.3 Å². The van der Waals surface area contributed by atoms with E-state index in [4.69, 9.17) is 0 Å². The van der Waals surface area contributed by atoms with E-state index in [-0.39, 0.29) is 5.56 Å². The van der Waals surface area contributed by atoms with Crippen LogP contribution >= 0.6 is 0 Å². The van der Waals surface area contributed by atoms with Crippen molar-refractivity contribution >= 4 is 17.2 Å². The SMILES string of the molecule is CC(C)(C)[S@](=O)/N=C/c1ccc(C(F)(F)F)c(F)c1. The number of hydrogen-bond acceptors (Lipinski definition) is 1. The maximum absolute atomic E-state index is 13.2. The van der Waals surface area contributed by atoms with Gasteiger partial charge >= 0.3 is 6.18 Å². The summed E-state index contributed by atoms with van der Waals surface area (Å²) in [7, 11) is -1.54. The minimum atomic E-state index is -4.73. The third-order valence-corrected chi connectivity index (χ3v) is 3.46. The second-order valence-electron chi connectivity index (χ2n) is 4.83. The average Bonchev–Trinajstić information content (AvgIpc) is 2.22. The molecule has 0 aromatic heterocycles. The molecule has 0 N–H and O–H groups in total. The van der Waals surface area contributed by atoms with E-state index in [1.807, 2.05) is 0 Å². The Morgan fingerprint density at radius 2 is 1.79 bits per heavy atom. The molecule has 1 atom stereocenters. The van der Waals surface area contributed by atoms with Crippen LogP contribution in [0.2, 0.25) is 0 Å². The zero-order valence-corrected chi connectivity index (χ0v) is 11.4. The molecule has 0 amide bonds. The lowest BCUT2D eigenvalue weighted by Crippen LogP contribution is -2.19. The van der Waals surface area contributed by atoms with Crippen LogP contribution in [0.5, 0.6) is 0 Å². The van der Waals surface area contributed by atoms with Crippen molar-refractivity contribution in [1.82, 2.24) is 0 Å². The van der Waals surface area contributed by atoms with Crippen molar-refractivity contribution in [2.75, 3.05) is 0 Å². The van der Waals surface area contributed by atoms with Crippen molar-refractivity contribution in [2.24, 2.45) is 4.40 Å². The average molecular weight is 295 g/mol. The van der Waals surface area contributed by atoms with Crippen LogP contribution in [0.1, 0.15) is 31.9 Å². The second kappa shape index (κ2) is 5.40. The topological polar surface area (TPSA) is 29.4 Å². The number of rotatable bonds is 2. The minimum absolute atomic E-state index is 0.128. The van der Waals surface area contributed by atoms with Crippen molar-refractivity contribution < 1.29 is 21.8 Å². The molecule has 0 saturated carbocycles. The molecule has 1 rings (SSSR count). The van der Waals surface area contributed by atoms with Gasteiger partial charge in [0.25, 0.3) is 0 Å². The fourth-order valence-electron chi connectivity index (χ4n) is 1.11. The summed E-state index contributed by atoms with van der Waals surface area (Å²) in [6, 6.07) is 2.43. The Hall–Kier alpha value is -1.24. The summed E-state index contributed by atoms with van der Waals surface area (Å²) in [6.07, 6.45) is -3.63. The van der Waals surface area contributed by atoms with Gasteiger partial charge in [-0.3, -0.25) is 0 Å². The quantitative estimate of drug-likeness (QED) is 0.604. The molecule has 0 heterocycles. The Bertz CT molecular complexity index is 517. The third-order valence-electron chi connectivity index (χ3n) is 2.12. The fourth-order valence-corrected chi connectivity index (χ4v) is 1.64. The number of halogens is 4. The number of benzene rings is 1. The standard InChI is InChI=1S/C12H13F4NOS/c1-11(2,3)19(18)17-7-8-4-5-9(10(13)6-8)12(14,15)16/h4-7H,1-3H3/b17-7+/t19-/m0/s1. The van der Waals surface area contributed by atoms with Crippen LogP contribution in [0.15, 0.2) is 22.6 Å². The third kappa shape index (κ3) is 4.41. The van der Waals surface area contributed by atoms with E-state index in [0.29, 0.717) is 12.1 Å². The highest BCUT2D eigenvalue weighted by atomic mass is 32.2. The summed E-state index contributed by atoms with van der Waals surface area (Å²) in [5, 5.41) is 0. The Morgan fingerprint density at radius 1 is 1.21 bits per heavy atom. The smallest absolute Gasteiger partial charge is 0.234 e. The van der Waals surface area contributed by atoms with Crippen molar-refractivity contribution in [1.29, 1.82) is 0 Å². The zero-order chi connectivity index (χ0) is 14.8. The highest BCUT2D eigenvalue weighted by molar-refractivity contribution is 7.85. The lowest BCUT2D eigenvalue weighted by Gasteiger charge is -2.12. The molecule has 7 heteroatoms. The van der Waals surface area contributed by atoms with Crippen LogP contribution in [0.4, 0.5) is 17.6 Å². The van der Waals surface area contributed by atoms with Gasteiger partial charge in [0.15, 0.2) is 0 Å². The first kappa shape index (κ1) is 15.8. The molecule has 0 fully saturated rings. The van der Waals surface area contributed by atoms with Crippen LogP contribution in [-0.2, 0) is 17.2 Å². The van der Waals surface area contributed by atoms with E-state index in [0.717, 1.165) is 12.3 Å². The van der Waals surface area contributed by atoms with E-state index < -0.39 is 33.3 Å². The maximum Gasteiger partial charge on any atom is 0.419 e. The Kier molecular flexibility index (Phi) is 4.50. The highest BCUT2D eigenvalue weighted by Gasteiger charge is 2.33. The summed E-state index contributed by atoms with van der Waals surface area (Å²) in [5.74, 6) is -1.38. The van der Waals surface area contributed by atoms with E-state index in [1.54, 1.807) is 20.8 Å².